The molecule has 1 unspecified atom stereocenters. The molecular formula is C11H15FO. The molecule has 13 heavy (non-hydrogen) atoms. The number of hydrogen-bond acceptors (Lipinski definition) is 1. The Kier molecular flexibility index (Phi) is 3.40. The fraction of sp³-hybridized carbons (Fsp3) is 0.545. The van der Waals surface area contributed by atoms with Crippen LogP contribution < -0.4 is 0 Å². The van der Waals surface area contributed by atoms with Crippen molar-refractivity contribution in [3.63, 3.8) is 0 Å². The summed E-state index contributed by atoms with van der Waals surface area (Å²) >= 11 is 0. The fourth-order valence-corrected chi connectivity index (χ4v) is 1.42. The number of alkyl halides is 1. The number of halogens is 1. The normalized spacial score (nSPS) is 21.1. The average Bonchev–Trinajstić information content (AvgIpc) is 2.09. The van der Waals surface area contributed by atoms with Gasteiger partial charge in [-0.1, -0.05) is 19.6 Å². The summed E-state index contributed by atoms with van der Waals surface area (Å²) in [6.07, 6.45) is 3.97. The van der Waals surface area contributed by atoms with Crippen molar-refractivity contribution in [2.45, 2.75) is 32.4 Å². The highest BCUT2D eigenvalue weighted by molar-refractivity contribution is 5.85. The Morgan fingerprint density at radius 1 is 1.77 bits per heavy atom. The van der Waals surface area contributed by atoms with Crippen molar-refractivity contribution >= 4 is 5.78 Å². The van der Waals surface area contributed by atoms with Crippen LogP contribution in [0.5, 0.6) is 0 Å². The molecule has 0 N–H and O–H groups in total. The Labute approximate surface area is 78.3 Å². The molecule has 0 aromatic carbocycles. The molecule has 0 radical (unpaired) electrons. The third kappa shape index (κ3) is 2.51. The van der Waals surface area contributed by atoms with Crippen molar-refractivity contribution in [1.82, 2.24) is 0 Å². The summed E-state index contributed by atoms with van der Waals surface area (Å²) in [5.41, 5.74) is 0.897. The standard InChI is InChI=1S/C11H15FO/c1-3-8(5-10(12)4-2)9-6-11(13)7-9/h3,5,9-10H,1,4,6-7H2,2H3. The summed E-state index contributed by atoms with van der Waals surface area (Å²) in [6.45, 7) is 5.43. The minimum absolute atomic E-state index is 0.231. The number of hydrogen-bond donors (Lipinski definition) is 0. The molecule has 0 spiro atoms. The van der Waals surface area contributed by atoms with Gasteiger partial charge in [0.05, 0.1) is 0 Å². The fourth-order valence-electron chi connectivity index (χ4n) is 1.42. The van der Waals surface area contributed by atoms with Gasteiger partial charge in [0.25, 0.3) is 0 Å². The first kappa shape index (κ1) is 10.2. The molecule has 72 valence electrons. The lowest BCUT2D eigenvalue weighted by molar-refractivity contribution is -0.125. The van der Waals surface area contributed by atoms with Crippen molar-refractivity contribution in [1.29, 1.82) is 0 Å². The van der Waals surface area contributed by atoms with Gasteiger partial charge in [0.1, 0.15) is 12.0 Å². The lowest BCUT2D eigenvalue weighted by Gasteiger charge is -2.25. The van der Waals surface area contributed by atoms with E-state index in [4.69, 9.17) is 0 Å². The van der Waals surface area contributed by atoms with Crippen LogP contribution in [-0.4, -0.2) is 12.0 Å². The minimum Gasteiger partial charge on any atom is -0.300 e. The largest absolute Gasteiger partial charge is 0.300 e. The van der Waals surface area contributed by atoms with Crippen molar-refractivity contribution in [3.8, 4) is 0 Å². The smallest absolute Gasteiger partial charge is 0.134 e. The van der Waals surface area contributed by atoms with E-state index in [0.717, 1.165) is 5.57 Å². The Hall–Kier alpha value is -0.920. The third-order valence-electron chi connectivity index (χ3n) is 2.42. The maximum absolute atomic E-state index is 13.0. The zero-order valence-electron chi connectivity index (χ0n) is 7.92. The summed E-state index contributed by atoms with van der Waals surface area (Å²) in [6, 6.07) is 0. The highest BCUT2D eigenvalue weighted by Gasteiger charge is 2.28. The molecule has 1 atom stereocenters. The predicted octanol–water partition coefficient (Wildman–Crippen LogP) is 2.83. The lowest BCUT2D eigenvalue weighted by Crippen LogP contribution is -2.24. The van der Waals surface area contributed by atoms with E-state index in [-0.39, 0.29) is 11.7 Å². The van der Waals surface area contributed by atoms with E-state index in [9.17, 15) is 9.18 Å². The average molecular weight is 182 g/mol. The van der Waals surface area contributed by atoms with Crippen LogP contribution >= 0.6 is 0 Å². The van der Waals surface area contributed by atoms with Crippen LogP contribution in [0.2, 0.25) is 0 Å². The molecule has 1 aliphatic rings. The predicted molar refractivity (Wildman–Crippen MR) is 51.2 cm³/mol. The topological polar surface area (TPSA) is 17.1 Å². The van der Waals surface area contributed by atoms with Gasteiger partial charge in [-0.15, -0.1) is 0 Å². The molecule has 0 aliphatic heterocycles. The van der Waals surface area contributed by atoms with Gasteiger partial charge in [-0.05, 0) is 24.0 Å². The first-order valence-electron chi connectivity index (χ1n) is 4.67. The maximum atomic E-state index is 13.0. The quantitative estimate of drug-likeness (QED) is 0.611. The highest BCUT2D eigenvalue weighted by atomic mass is 19.1. The van der Waals surface area contributed by atoms with Crippen LogP contribution in [0.15, 0.2) is 24.3 Å². The van der Waals surface area contributed by atoms with Gasteiger partial charge in [0.2, 0.25) is 0 Å². The Morgan fingerprint density at radius 3 is 2.77 bits per heavy atom. The lowest BCUT2D eigenvalue weighted by atomic mass is 9.78. The second kappa shape index (κ2) is 4.35. The minimum atomic E-state index is -0.899. The summed E-state index contributed by atoms with van der Waals surface area (Å²) < 4.78 is 13.0. The molecule has 1 rings (SSSR count). The number of rotatable bonds is 4. The van der Waals surface area contributed by atoms with E-state index in [1.54, 1.807) is 19.1 Å². The Bertz CT molecular complexity index is 234. The van der Waals surface area contributed by atoms with Crippen LogP contribution in [0, 0.1) is 5.92 Å². The van der Waals surface area contributed by atoms with Crippen LogP contribution in [0.1, 0.15) is 26.2 Å². The molecular weight excluding hydrogens is 167 g/mol. The number of carbonyl (C=O) groups is 1. The van der Waals surface area contributed by atoms with Crippen molar-refractivity contribution in [2.75, 3.05) is 0 Å². The van der Waals surface area contributed by atoms with Crippen LogP contribution in [0.25, 0.3) is 0 Å². The molecule has 0 aromatic heterocycles. The van der Waals surface area contributed by atoms with Crippen molar-refractivity contribution < 1.29 is 9.18 Å². The van der Waals surface area contributed by atoms with Crippen LogP contribution in [0.4, 0.5) is 4.39 Å². The van der Waals surface area contributed by atoms with E-state index in [0.29, 0.717) is 19.3 Å². The number of allylic oxidation sites excluding steroid dienone is 3. The molecule has 0 heterocycles. The monoisotopic (exact) mass is 182 g/mol. The Balaban J connectivity index is 2.57. The highest BCUT2D eigenvalue weighted by Crippen LogP contribution is 2.31. The van der Waals surface area contributed by atoms with E-state index in [1.807, 2.05) is 0 Å². The number of ketones is 1. The molecule has 0 amide bonds. The molecule has 0 bridgehead atoms. The van der Waals surface area contributed by atoms with Crippen LogP contribution in [0.3, 0.4) is 0 Å². The second-order valence-corrected chi connectivity index (χ2v) is 3.44. The molecule has 1 saturated carbocycles. The van der Waals surface area contributed by atoms with Crippen molar-refractivity contribution in [3.05, 3.63) is 24.3 Å². The van der Waals surface area contributed by atoms with Gasteiger partial charge in [-0.2, -0.15) is 0 Å². The molecule has 1 fully saturated rings. The van der Waals surface area contributed by atoms with Crippen molar-refractivity contribution in [2.24, 2.45) is 5.92 Å². The Morgan fingerprint density at radius 2 is 2.38 bits per heavy atom. The second-order valence-electron chi connectivity index (χ2n) is 3.44. The zero-order valence-corrected chi connectivity index (χ0v) is 7.92. The van der Waals surface area contributed by atoms with Gasteiger partial charge in [0, 0.05) is 12.8 Å². The third-order valence-corrected chi connectivity index (χ3v) is 2.42. The van der Waals surface area contributed by atoms with E-state index >= 15 is 0 Å². The number of carbonyl (C=O) groups excluding carboxylic acids is 1. The molecule has 1 nitrogen and oxygen atoms in total. The van der Waals surface area contributed by atoms with E-state index in [1.165, 1.54) is 0 Å². The van der Waals surface area contributed by atoms with Gasteiger partial charge < -0.3 is 0 Å². The summed E-state index contributed by atoms with van der Waals surface area (Å²) in [5.74, 6) is 0.499. The SMILES string of the molecule is C=CC(=CC(F)CC)C1CC(=O)C1. The first-order chi connectivity index (χ1) is 6.17. The number of Topliss-reactive ketones (excluding diaryl/α,β-unsaturated/α-hetero) is 1. The molecule has 0 aromatic rings. The summed E-state index contributed by atoms with van der Waals surface area (Å²) in [4.78, 5) is 10.7. The zero-order chi connectivity index (χ0) is 9.84. The van der Waals surface area contributed by atoms with Gasteiger partial charge in [-0.3, -0.25) is 4.79 Å². The molecule has 2 heteroatoms. The van der Waals surface area contributed by atoms with Gasteiger partial charge >= 0.3 is 0 Å². The maximum Gasteiger partial charge on any atom is 0.134 e. The van der Waals surface area contributed by atoms with Gasteiger partial charge in [0.15, 0.2) is 0 Å². The molecule has 0 saturated heterocycles. The van der Waals surface area contributed by atoms with E-state index < -0.39 is 6.17 Å². The first-order valence-corrected chi connectivity index (χ1v) is 4.67. The summed E-state index contributed by atoms with van der Waals surface area (Å²) in [5, 5.41) is 0. The summed E-state index contributed by atoms with van der Waals surface area (Å²) in [7, 11) is 0. The van der Waals surface area contributed by atoms with Gasteiger partial charge in [-0.25, -0.2) is 4.39 Å². The van der Waals surface area contributed by atoms with E-state index in [2.05, 4.69) is 6.58 Å². The molecule has 1 aliphatic carbocycles. The van der Waals surface area contributed by atoms with Crippen LogP contribution in [-0.2, 0) is 4.79 Å².